The molecule has 0 amide bonds. The summed E-state index contributed by atoms with van der Waals surface area (Å²) in [5.41, 5.74) is 1.31. The Morgan fingerprint density at radius 1 is 1.19 bits per heavy atom. The van der Waals surface area contributed by atoms with Crippen molar-refractivity contribution in [3.8, 4) is 0 Å². The summed E-state index contributed by atoms with van der Waals surface area (Å²) < 4.78 is 2.03. The SMILES string of the molecule is CCCC(O)(CCC)CN=C(NCC)NCCc1cn2ccccc2n1.I. The second-order valence-corrected chi connectivity index (χ2v) is 6.79. The van der Waals surface area contributed by atoms with E-state index in [0.29, 0.717) is 6.54 Å². The zero-order chi connectivity index (χ0) is 18.8. The summed E-state index contributed by atoms with van der Waals surface area (Å²) in [5, 5.41) is 17.3. The Kier molecular flexibility index (Phi) is 10.7. The molecule has 0 bridgehead atoms. The van der Waals surface area contributed by atoms with Crippen molar-refractivity contribution in [1.29, 1.82) is 0 Å². The molecule has 0 atom stereocenters. The van der Waals surface area contributed by atoms with E-state index >= 15 is 0 Å². The lowest BCUT2D eigenvalue weighted by Gasteiger charge is -2.26. The quantitative estimate of drug-likeness (QED) is 0.273. The minimum absolute atomic E-state index is 0. The first-order valence-corrected chi connectivity index (χ1v) is 9.77. The van der Waals surface area contributed by atoms with Crippen LogP contribution in [0.5, 0.6) is 0 Å². The van der Waals surface area contributed by atoms with E-state index in [-0.39, 0.29) is 24.0 Å². The number of hydrogen-bond acceptors (Lipinski definition) is 3. The molecule has 6 nitrogen and oxygen atoms in total. The first-order valence-electron chi connectivity index (χ1n) is 9.77. The zero-order valence-corrected chi connectivity index (χ0v) is 19.1. The number of nitrogens with zero attached hydrogens (tertiary/aromatic N) is 3. The van der Waals surface area contributed by atoms with Crippen LogP contribution in [0.3, 0.4) is 0 Å². The maximum atomic E-state index is 10.7. The topological polar surface area (TPSA) is 74.0 Å². The van der Waals surface area contributed by atoms with Gasteiger partial charge in [0, 0.05) is 31.9 Å². The fourth-order valence-electron chi connectivity index (χ4n) is 3.20. The van der Waals surface area contributed by atoms with Gasteiger partial charge in [-0.05, 0) is 31.9 Å². The van der Waals surface area contributed by atoms with E-state index in [9.17, 15) is 5.11 Å². The molecule has 2 rings (SSSR count). The van der Waals surface area contributed by atoms with Gasteiger partial charge in [0.2, 0.25) is 0 Å². The van der Waals surface area contributed by atoms with Gasteiger partial charge in [0.25, 0.3) is 0 Å². The van der Waals surface area contributed by atoms with Crippen LogP contribution in [0.25, 0.3) is 5.65 Å². The minimum atomic E-state index is -0.701. The van der Waals surface area contributed by atoms with E-state index < -0.39 is 5.60 Å². The molecule has 152 valence electrons. The fourth-order valence-corrected chi connectivity index (χ4v) is 3.20. The van der Waals surface area contributed by atoms with Gasteiger partial charge in [-0.3, -0.25) is 4.99 Å². The smallest absolute Gasteiger partial charge is 0.191 e. The standard InChI is InChI=1S/C20H33N5O.HI/c1-4-11-20(26,12-5-2)16-23-19(21-6-3)22-13-10-17-15-25-14-8-7-9-18(25)24-17;/h7-9,14-15,26H,4-6,10-13,16H2,1-3H3,(H2,21,22,23);1H. The number of aliphatic hydroxyl groups is 1. The average Bonchev–Trinajstić information content (AvgIpc) is 3.03. The van der Waals surface area contributed by atoms with Crippen LogP contribution in [-0.4, -0.2) is 45.7 Å². The third kappa shape index (κ3) is 7.65. The van der Waals surface area contributed by atoms with E-state index in [4.69, 9.17) is 0 Å². The number of nitrogens with one attached hydrogen (secondary N) is 2. The second-order valence-electron chi connectivity index (χ2n) is 6.79. The van der Waals surface area contributed by atoms with Crippen molar-refractivity contribution >= 4 is 35.6 Å². The molecule has 2 heterocycles. The van der Waals surface area contributed by atoms with Gasteiger partial charge in [0.1, 0.15) is 5.65 Å². The molecule has 0 saturated heterocycles. The Morgan fingerprint density at radius 2 is 1.93 bits per heavy atom. The highest BCUT2D eigenvalue weighted by Gasteiger charge is 2.24. The van der Waals surface area contributed by atoms with Gasteiger partial charge in [0.05, 0.1) is 17.8 Å². The third-order valence-electron chi connectivity index (χ3n) is 4.39. The molecule has 0 aliphatic heterocycles. The van der Waals surface area contributed by atoms with Gasteiger partial charge in [-0.1, -0.05) is 32.8 Å². The van der Waals surface area contributed by atoms with Crippen molar-refractivity contribution < 1.29 is 5.11 Å². The summed E-state index contributed by atoms with van der Waals surface area (Å²) in [4.78, 5) is 9.23. The van der Waals surface area contributed by atoms with E-state index in [2.05, 4.69) is 40.7 Å². The average molecular weight is 487 g/mol. The molecule has 7 heteroatoms. The molecule has 0 unspecified atom stereocenters. The summed E-state index contributed by atoms with van der Waals surface area (Å²) in [6.45, 7) is 8.21. The van der Waals surface area contributed by atoms with Crippen LogP contribution < -0.4 is 10.6 Å². The summed E-state index contributed by atoms with van der Waals surface area (Å²) in [5.74, 6) is 0.752. The molecule has 3 N–H and O–H groups in total. The van der Waals surface area contributed by atoms with E-state index in [0.717, 1.165) is 62.5 Å². The normalized spacial score (nSPS) is 12.1. The van der Waals surface area contributed by atoms with Crippen LogP contribution in [0.15, 0.2) is 35.6 Å². The Balaban J connectivity index is 0.00000364. The lowest BCUT2D eigenvalue weighted by Crippen LogP contribution is -2.40. The summed E-state index contributed by atoms with van der Waals surface area (Å²) in [7, 11) is 0. The maximum Gasteiger partial charge on any atom is 0.191 e. The summed E-state index contributed by atoms with van der Waals surface area (Å²) in [6.07, 6.45) is 8.37. The molecule has 0 radical (unpaired) electrons. The predicted molar refractivity (Wildman–Crippen MR) is 123 cm³/mol. The number of halogens is 1. The second kappa shape index (κ2) is 12.2. The highest BCUT2D eigenvalue weighted by atomic mass is 127. The number of pyridine rings is 1. The van der Waals surface area contributed by atoms with E-state index in [1.165, 1.54) is 0 Å². The molecule has 27 heavy (non-hydrogen) atoms. The Hall–Kier alpha value is -1.35. The molecule has 0 aromatic carbocycles. The first kappa shape index (κ1) is 23.7. The number of imidazole rings is 1. The van der Waals surface area contributed by atoms with Crippen LogP contribution in [0.2, 0.25) is 0 Å². The number of aromatic nitrogens is 2. The largest absolute Gasteiger partial charge is 0.388 e. The summed E-state index contributed by atoms with van der Waals surface area (Å²) >= 11 is 0. The molecule has 0 spiro atoms. The van der Waals surface area contributed by atoms with E-state index in [1.807, 2.05) is 35.7 Å². The lowest BCUT2D eigenvalue weighted by molar-refractivity contribution is 0.0306. The van der Waals surface area contributed by atoms with Crippen molar-refractivity contribution in [2.75, 3.05) is 19.6 Å². The Morgan fingerprint density at radius 3 is 2.56 bits per heavy atom. The van der Waals surface area contributed by atoms with Gasteiger partial charge in [-0.25, -0.2) is 4.98 Å². The van der Waals surface area contributed by atoms with Crippen molar-refractivity contribution in [3.63, 3.8) is 0 Å². The van der Waals surface area contributed by atoms with Crippen LogP contribution in [0.4, 0.5) is 0 Å². The third-order valence-corrected chi connectivity index (χ3v) is 4.39. The van der Waals surface area contributed by atoms with Crippen molar-refractivity contribution in [2.24, 2.45) is 4.99 Å². The van der Waals surface area contributed by atoms with Crippen LogP contribution >= 0.6 is 24.0 Å². The zero-order valence-electron chi connectivity index (χ0n) is 16.7. The van der Waals surface area contributed by atoms with Crippen LogP contribution in [0, 0.1) is 0 Å². The number of rotatable bonds is 10. The van der Waals surface area contributed by atoms with Gasteiger partial charge >= 0.3 is 0 Å². The van der Waals surface area contributed by atoms with Gasteiger partial charge in [-0.2, -0.15) is 0 Å². The lowest BCUT2D eigenvalue weighted by atomic mass is 9.93. The van der Waals surface area contributed by atoms with Gasteiger partial charge in [-0.15, -0.1) is 24.0 Å². The number of aliphatic imine (C=N–C) groups is 1. The van der Waals surface area contributed by atoms with E-state index in [1.54, 1.807) is 0 Å². The molecular weight excluding hydrogens is 453 g/mol. The molecule has 0 fully saturated rings. The van der Waals surface area contributed by atoms with Gasteiger partial charge < -0.3 is 20.1 Å². The Labute approximate surface area is 179 Å². The molecule has 2 aromatic heterocycles. The summed E-state index contributed by atoms with van der Waals surface area (Å²) in [6, 6.07) is 6.00. The minimum Gasteiger partial charge on any atom is -0.388 e. The molecule has 0 saturated carbocycles. The molecule has 0 aliphatic rings. The first-order chi connectivity index (χ1) is 12.6. The number of fused-ring (bicyclic) bond motifs is 1. The fraction of sp³-hybridized carbons (Fsp3) is 0.600. The Bertz CT molecular complexity index is 661. The molecular formula is C20H34IN5O. The number of hydrogen-bond donors (Lipinski definition) is 3. The highest BCUT2D eigenvalue weighted by Crippen LogP contribution is 2.19. The predicted octanol–water partition coefficient (Wildman–Crippen LogP) is 3.38. The monoisotopic (exact) mass is 487 g/mol. The highest BCUT2D eigenvalue weighted by molar-refractivity contribution is 14.0. The van der Waals surface area contributed by atoms with Crippen molar-refractivity contribution in [2.45, 2.75) is 58.5 Å². The van der Waals surface area contributed by atoms with Crippen molar-refractivity contribution in [3.05, 3.63) is 36.3 Å². The maximum absolute atomic E-state index is 10.7. The van der Waals surface area contributed by atoms with Crippen LogP contribution in [-0.2, 0) is 6.42 Å². The van der Waals surface area contributed by atoms with Gasteiger partial charge in [0.15, 0.2) is 5.96 Å². The number of guanidine groups is 1. The molecule has 0 aliphatic carbocycles. The van der Waals surface area contributed by atoms with Crippen LogP contribution in [0.1, 0.15) is 52.1 Å². The van der Waals surface area contributed by atoms with Crippen molar-refractivity contribution in [1.82, 2.24) is 20.0 Å². The molecule has 2 aromatic rings.